The zero-order chi connectivity index (χ0) is 13.8. The van der Waals surface area contributed by atoms with E-state index in [1.54, 1.807) is 0 Å². The van der Waals surface area contributed by atoms with Crippen molar-refractivity contribution < 1.29 is 4.79 Å². The lowest BCUT2D eigenvalue weighted by atomic mass is 9.92. The van der Waals surface area contributed by atoms with E-state index < -0.39 is 5.41 Å². The highest BCUT2D eigenvalue weighted by Crippen LogP contribution is 2.14. The molecule has 0 aliphatic heterocycles. The van der Waals surface area contributed by atoms with E-state index in [0.717, 1.165) is 10.9 Å². The van der Waals surface area contributed by atoms with Gasteiger partial charge in [0.2, 0.25) is 5.91 Å². The quantitative estimate of drug-likeness (QED) is 0.859. The van der Waals surface area contributed by atoms with Crippen LogP contribution in [-0.2, 0) is 11.2 Å². The van der Waals surface area contributed by atoms with Gasteiger partial charge in [-0.25, -0.2) is 0 Å². The topological polar surface area (TPSA) is 55.1 Å². The first-order chi connectivity index (χ1) is 8.35. The molecular weight excluding hydrogens is 328 g/mol. The summed E-state index contributed by atoms with van der Waals surface area (Å²) in [6.45, 7) is 6.07. The Hall–Kier alpha value is -0.580. The monoisotopic (exact) mass is 348 g/mol. The fourth-order valence-electron chi connectivity index (χ4n) is 1.54. The van der Waals surface area contributed by atoms with Gasteiger partial charge in [-0.1, -0.05) is 28.1 Å². The molecule has 1 rings (SSSR count). The molecule has 0 heterocycles. The molecule has 1 unspecified atom stereocenters. The summed E-state index contributed by atoms with van der Waals surface area (Å²) < 4.78 is 1.06. The molecule has 1 atom stereocenters. The Morgan fingerprint density at radius 2 is 1.89 bits per heavy atom. The summed E-state index contributed by atoms with van der Waals surface area (Å²) in [5.41, 5.74) is 6.29. The van der Waals surface area contributed by atoms with E-state index in [4.69, 9.17) is 5.73 Å². The van der Waals surface area contributed by atoms with Crippen molar-refractivity contribution in [3.63, 3.8) is 0 Å². The van der Waals surface area contributed by atoms with E-state index in [-0.39, 0.29) is 24.4 Å². The summed E-state index contributed by atoms with van der Waals surface area (Å²) in [6.07, 6.45) is 0.819. The molecule has 5 heteroatoms. The van der Waals surface area contributed by atoms with Gasteiger partial charge in [-0.2, -0.15) is 0 Å². The minimum absolute atomic E-state index is 0. The summed E-state index contributed by atoms with van der Waals surface area (Å²) >= 11 is 3.40. The average Bonchev–Trinajstić information content (AvgIpc) is 2.32. The van der Waals surface area contributed by atoms with Gasteiger partial charge in [0.25, 0.3) is 0 Å². The number of benzene rings is 1. The number of nitrogens with one attached hydrogen (secondary N) is 1. The SMILES string of the molecule is CC(Cc1ccc(Br)cc1)NC(=O)C(C)(C)CN.Cl. The third kappa shape index (κ3) is 5.93. The average molecular weight is 350 g/mol. The van der Waals surface area contributed by atoms with E-state index in [9.17, 15) is 4.79 Å². The molecule has 3 nitrogen and oxygen atoms in total. The van der Waals surface area contributed by atoms with Crippen LogP contribution in [0.1, 0.15) is 26.3 Å². The number of nitrogens with two attached hydrogens (primary N) is 1. The first-order valence-electron chi connectivity index (χ1n) is 6.10. The van der Waals surface area contributed by atoms with Crippen molar-refractivity contribution in [3.8, 4) is 0 Å². The van der Waals surface area contributed by atoms with Crippen LogP contribution in [-0.4, -0.2) is 18.5 Å². The Morgan fingerprint density at radius 3 is 2.37 bits per heavy atom. The lowest BCUT2D eigenvalue weighted by Crippen LogP contribution is -2.45. The molecule has 0 radical (unpaired) electrons. The van der Waals surface area contributed by atoms with Gasteiger partial charge in [0, 0.05) is 17.1 Å². The summed E-state index contributed by atoms with van der Waals surface area (Å²) in [6, 6.07) is 8.23. The number of carbonyl (C=O) groups excluding carboxylic acids is 1. The lowest BCUT2D eigenvalue weighted by molar-refractivity contribution is -0.129. The number of hydrogen-bond donors (Lipinski definition) is 2. The zero-order valence-corrected chi connectivity index (χ0v) is 14.0. The molecule has 3 N–H and O–H groups in total. The largest absolute Gasteiger partial charge is 0.353 e. The van der Waals surface area contributed by atoms with Gasteiger partial charge in [-0.05, 0) is 44.9 Å². The van der Waals surface area contributed by atoms with E-state index >= 15 is 0 Å². The van der Waals surface area contributed by atoms with Gasteiger partial charge >= 0.3 is 0 Å². The minimum atomic E-state index is -0.506. The number of hydrogen-bond acceptors (Lipinski definition) is 2. The highest BCUT2D eigenvalue weighted by atomic mass is 79.9. The summed E-state index contributed by atoms with van der Waals surface area (Å²) in [5, 5.41) is 3.00. The molecule has 1 amide bonds. The van der Waals surface area contributed by atoms with Crippen LogP contribution in [0.2, 0.25) is 0 Å². The number of rotatable bonds is 5. The maximum Gasteiger partial charge on any atom is 0.227 e. The van der Waals surface area contributed by atoms with Crippen LogP contribution >= 0.6 is 28.3 Å². The summed E-state index contributed by atoms with van der Waals surface area (Å²) in [7, 11) is 0. The van der Waals surface area contributed by atoms with Crippen LogP contribution in [0.25, 0.3) is 0 Å². The Morgan fingerprint density at radius 1 is 1.37 bits per heavy atom. The normalized spacial score (nSPS) is 12.5. The molecule has 0 aromatic heterocycles. The zero-order valence-electron chi connectivity index (χ0n) is 11.6. The molecule has 108 valence electrons. The molecule has 0 bridgehead atoms. The highest BCUT2D eigenvalue weighted by molar-refractivity contribution is 9.10. The number of amides is 1. The Balaban J connectivity index is 0.00000324. The second-order valence-electron chi connectivity index (χ2n) is 5.29. The van der Waals surface area contributed by atoms with Crippen molar-refractivity contribution >= 4 is 34.2 Å². The summed E-state index contributed by atoms with van der Waals surface area (Å²) in [5.74, 6) is 0.00890. The maximum absolute atomic E-state index is 12.0. The number of carbonyl (C=O) groups is 1. The molecule has 0 spiro atoms. The van der Waals surface area contributed by atoms with Crippen molar-refractivity contribution in [2.24, 2.45) is 11.1 Å². The molecule has 0 aliphatic rings. The van der Waals surface area contributed by atoms with Gasteiger partial charge in [0.05, 0.1) is 5.41 Å². The molecule has 0 fully saturated rings. The fraction of sp³-hybridized carbons (Fsp3) is 0.500. The second kappa shape index (κ2) is 7.88. The molecule has 1 aromatic rings. The molecule has 19 heavy (non-hydrogen) atoms. The predicted octanol–water partition coefficient (Wildman–Crippen LogP) is 2.90. The van der Waals surface area contributed by atoms with Crippen molar-refractivity contribution in [1.29, 1.82) is 0 Å². The molecule has 0 aliphatic carbocycles. The third-order valence-electron chi connectivity index (χ3n) is 2.96. The van der Waals surface area contributed by atoms with Crippen LogP contribution in [0.3, 0.4) is 0 Å². The van der Waals surface area contributed by atoms with Crippen molar-refractivity contribution in [1.82, 2.24) is 5.32 Å². The standard InChI is InChI=1S/C14H21BrN2O.ClH/c1-10(17-13(18)14(2,3)9-16)8-11-4-6-12(15)7-5-11;/h4-7,10H,8-9,16H2,1-3H3,(H,17,18);1H. The van der Waals surface area contributed by atoms with Crippen LogP contribution in [0.5, 0.6) is 0 Å². The van der Waals surface area contributed by atoms with E-state index in [1.807, 2.05) is 32.9 Å². The van der Waals surface area contributed by atoms with Crippen molar-refractivity contribution in [2.45, 2.75) is 33.2 Å². The van der Waals surface area contributed by atoms with E-state index in [1.165, 1.54) is 5.56 Å². The van der Waals surface area contributed by atoms with Gasteiger partial charge in [-0.15, -0.1) is 12.4 Å². The first kappa shape index (κ1) is 18.4. The maximum atomic E-state index is 12.0. The highest BCUT2D eigenvalue weighted by Gasteiger charge is 2.26. The Labute approximate surface area is 129 Å². The first-order valence-corrected chi connectivity index (χ1v) is 6.90. The van der Waals surface area contributed by atoms with Gasteiger partial charge in [0.1, 0.15) is 0 Å². The molecule has 1 aromatic carbocycles. The predicted molar refractivity (Wildman–Crippen MR) is 85.5 cm³/mol. The van der Waals surface area contributed by atoms with Crippen LogP contribution < -0.4 is 11.1 Å². The van der Waals surface area contributed by atoms with Crippen LogP contribution in [0, 0.1) is 5.41 Å². The summed E-state index contributed by atoms with van der Waals surface area (Å²) in [4.78, 5) is 12.0. The Bertz CT molecular complexity index is 406. The van der Waals surface area contributed by atoms with Crippen LogP contribution in [0.15, 0.2) is 28.7 Å². The van der Waals surface area contributed by atoms with Gasteiger partial charge < -0.3 is 11.1 Å². The van der Waals surface area contributed by atoms with E-state index in [2.05, 4.69) is 33.4 Å². The second-order valence-corrected chi connectivity index (χ2v) is 6.21. The van der Waals surface area contributed by atoms with Crippen molar-refractivity contribution in [3.05, 3.63) is 34.3 Å². The van der Waals surface area contributed by atoms with Crippen molar-refractivity contribution in [2.75, 3.05) is 6.54 Å². The fourth-order valence-corrected chi connectivity index (χ4v) is 1.80. The van der Waals surface area contributed by atoms with E-state index in [0.29, 0.717) is 6.54 Å². The molecule has 0 saturated heterocycles. The smallest absolute Gasteiger partial charge is 0.227 e. The third-order valence-corrected chi connectivity index (χ3v) is 3.49. The molecular formula is C14H22BrClN2O. The molecule has 0 saturated carbocycles. The van der Waals surface area contributed by atoms with Gasteiger partial charge in [0.15, 0.2) is 0 Å². The number of halogens is 2. The minimum Gasteiger partial charge on any atom is -0.353 e. The lowest BCUT2D eigenvalue weighted by Gasteiger charge is -2.24. The Kier molecular flexibility index (Phi) is 7.64. The van der Waals surface area contributed by atoms with Gasteiger partial charge in [-0.3, -0.25) is 4.79 Å². The van der Waals surface area contributed by atoms with Crippen LogP contribution in [0.4, 0.5) is 0 Å².